The second kappa shape index (κ2) is 6.57. The van der Waals surface area contributed by atoms with Crippen LogP contribution in [0.25, 0.3) is 0 Å². The molecule has 0 spiro atoms. The molecule has 0 aliphatic heterocycles. The predicted molar refractivity (Wildman–Crippen MR) is 78.3 cm³/mol. The Morgan fingerprint density at radius 2 is 2.15 bits per heavy atom. The van der Waals surface area contributed by atoms with Crippen LogP contribution in [0.15, 0.2) is 12.1 Å². The molecule has 0 bridgehead atoms. The molecule has 1 aliphatic carbocycles. The van der Waals surface area contributed by atoms with Gasteiger partial charge >= 0.3 is 0 Å². The smallest absolute Gasteiger partial charge is 0.163 e. The number of Topliss-reactive ketones (excluding diaryl/α,β-unsaturated/α-hetero) is 1. The zero-order valence-corrected chi connectivity index (χ0v) is 12.4. The Morgan fingerprint density at radius 1 is 1.45 bits per heavy atom. The van der Waals surface area contributed by atoms with Crippen molar-refractivity contribution in [3.8, 4) is 5.75 Å². The van der Waals surface area contributed by atoms with Gasteiger partial charge in [-0.05, 0) is 31.9 Å². The minimum atomic E-state index is -0.205. The number of rotatable bonds is 6. The van der Waals surface area contributed by atoms with Gasteiger partial charge in [0.05, 0.1) is 12.2 Å². The number of hydrogen-bond acceptors (Lipinski definition) is 4. The lowest BCUT2D eigenvalue weighted by molar-refractivity contribution is 0.0934. The molecule has 0 radical (unpaired) electrons. The molecule has 0 aromatic heterocycles. The van der Waals surface area contributed by atoms with Crippen LogP contribution in [0, 0.1) is 0 Å². The molecule has 0 saturated heterocycles. The zero-order chi connectivity index (χ0) is 14.7. The number of hydrogen-bond donors (Lipinski definition) is 2. The summed E-state index contributed by atoms with van der Waals surface area (Å²) >= 11 is 6.02. The number of nitrogens with zero attached hydrogens (tertiary/aromatic N) is 1. The molecule has 0 unspecified atom stereocenters. The van der Waals surface area contributed by atoms with Crippen molar-refractivity contribution in [3.05, 3.63) is 28.3 Å². The van der Waals surface area contributed by atoms with Crippen molar-refractivity contribution >= 4 is 17.4 Å². The Kier molecular flexibility index (Phi) is 5.02. The molecular weight excluding hydrogens is 278 g/mol. The van der Waals surface area contributed by atoms with Crippen molar-refractivity contribution in [2.45, 2.75) is 38.8 Å². The fourth-order valence-corrected chi connectivity index (χ4v) is 2.78. The number of carbonyl (C=O) groups excluding carboxylic acids is 1. The normalized spacial score (nSPS) is 15.4. The summed E-state index contributed by atoms with van der Waals surface area (Å²) in [5, 5.41) is 19.8. The van der Waals surface area contributed by atoms with E-state index in [0.29, 0.717) is 29.7 Å². The van der Waals surface area contributed by atoms with E-state index in [1.807, 2.05) is 0 Å². The van der Waals surface area contributed by atoms with Gasteiger partial charge in [0.15, 0.2) is 5.78 Å². The lowest BCUT2D eigenvalue weighted by Crippen LogP contribution is -2.41. The molecule has 0 atom stereocenters. The fourth-order valence-electron chi connectivity index (χ4n) is 2.53. The molecule has 2 rings (SSSR count). The molecule has 0 heterocycles. The number of carbonyl (C=O) groups is 1. The standard InChI is InChI=1S/C15H20ClNO3/c1-10(19)14-8-12(16)7-11(15(14)20)9-17(5-6-18)13-3-2-4-13/h7-8,13,18,20H,2-6,9H2,1H3. The van der Waals surface area contributed by atoms with Crippen LogP contribution in [0.2, 0.25) is 5.02 Å². The summed E-state index contributed by atoms with van der Waals surface area (Å²) < 4.78 is 0. The molecule has 4 nitrogen and oxygen atoms in total. The molecule has 110 valence electrons. The monoisotopic (exact) mass is 297 g/mol. The van der Waals surface area contributed by atoms with Crippen molar-refractivity contribution in [2.24, 2.45) is 0 Å². The highest BCUT2D eigenvalue weighted by molar-refractivity contribution is 6.31. The van der Waals surface area contributed by atoms with E-state index in [4.69, 9.17) is 16.7 Å². The van der Waals surface area contributed by atoms with Crippen LogP contribution in [-0.2, 0) is 6.54 Å². The Labute approximate surface area is 124 Å². The van der Waals surface area contributed by atoms with E-state index in [1.54, 1.807) is 6.07 Å². The van der Waals surface area contributed by atoms with Crippen molar-refractivity contribution < 1.29 is 15.0 Å². The van der Waals surface area contributed by atoms with Crippen LogP contribution in [-0.4, -0.2) is 40.1 Å². The van der Waals surface area contributed by atoms with Gasteiger partial charge in [0.25, 0.3) is 0 Å². The number of phenols is 1. The fraction of sp³-hybridized carbons (Fsp3) is 0.533. The highest BCUT2D eigenvalue weighted by Crippen LogP contribution is 2.31. The lowest BCUT2D eigenvalue weighted by atomic mass is 9.91. The lowest BCUT2D eigenvalue weighted by Gasteiger charge is -2.37. The predicted octanol–water partition coefficient (Wildman–Crippen LogP) is 2.60. The van der Waals surface area contributed by atoms with E-state index in [0.717, 1.165) is 12.8 Å². The SMILES string of the molecule is CC(=O)c1cc(Cl)cc(CN(CCO)C2CCC2)c1O. The first-order chi connectivity index (χ1) is 9.52. The minimum absolute atomic E-state index is 0.00385. The molecule has 1 aromatic rings. The van der Waals surface area contributed by atoms with Gasteiger partial charge in [0.1, 0.15) is 5.75 Å². The molecule has 1 saturated carbocycles. The first kappa shape index (κ1) is 15.3. The van der Waals surface area contributed by atoms with E-state index in [-0.39, 0.29) is 23.7 Å². The van der Waals surface area contributed by atoms with E-state index in [9.17, 15) is 9.90 Å². The van der Waals surface area contributed by atoms with Crippen molar-refractivity contribution in [3.63, 3.8) is 0 Å². The van der Waals surface area contributed by atoms with Crippen LogP contribution < -0.4 is 0 Å². The van der Waals surface area contributed by atoms with Crippen molar-refractivity contribution in [1.29, 1.82) is 0 Å². The maximum Gasteiger partial charge on any atom is 0.163 e. The molecule has 0 amide bonds. The Balaban J connectivity index is 2.24. The highest BCUT2D eigenvalue weighted by Gasteiger charge is 2.26. The van der Waals surface area contributed by atoms with Gasteiger partial charge in [0, 0.05) is 29.7 Å². The maximum atomic E-state index is 11.5. The molecule has 5 heteroatoms. The maximum absolute atomic E-state index is 11.5. The third-order valence-electron chi connectivity index (χ3n) is 3.88. The topological polar surface area (TPSA) is 60.8 Å². The van der Waals surface area contributed by atoms with Crippen LogP contribution in [0.4, 0.5) is 0 Å². The summed E-state index contributed by atoms with van der Waals surface area (Å²) in [6.07, 6.45) is 3.43. The summed E-state index contributed by atoms with van der Waals surface area (Å²) in [7, 11) is 0. The quantitative estimate of drug-likeness (QED) is 0.792. The van der Waals surface area contributed by atoms with Crippen LogP contribution in [0.1, 0.15) is 42.1 Å². The van der Waals surface area contributed by atoms with E-state index < -0.39 is 0 Å². The average Bonchev–Trinajstić information content (AvgIpc) is 2.31. The third kappa shape index (κ3) is 3.32. The van der Waals surface area contributed by atoms with Gasteiger partial charge < -0.3 is 10.2 Å². The number of ketones is 1. The number of aromatic hydroxyl groups is 1. The van der Waals surface area contributed by atoms with Gasteiger partial charge in [-0.15, -0.1) is 0 Å². The van der Waals surface area contributed by atoms with Crippen molar-refractivity contribution in [2.75, 3.05) is 13.2 Å². The number of halogens is 1. The van der Waals surface area contributed by atoms with Crippen molar-refractivity contribution in [1.82, 2.24) is 4.90 Å². The third-order valence-corrected chi connectivity index (χ3v) is 4.10. The van der Waals surface area contributed by atoms with Crippen LogP contribution in [0.3, 0.4) is 0 Å². The average molecular weight is 298 g/mol. The van der Waals surface area contributed by atoms with Gasteiger partial charge in [-0.2, -0.15) is 0 Å². The number of aliphatic hydroxyl groups is 1. The number of phenolic OH excluding ortho intramolecular Hbond substituents is 1. The minimum Gasteiger partial charge on any atom is -0.507 e. The Morgan fingerprint density at radius 3 is 2.65 bits per heavy atom. The molecular formula is C15H20ClNO3. The number of aliphatic hydroxyl groups excluding tert-OH is 1. The van der Waals surface area contributed by atoms with Gasteiger partial charge in [-0.3, -0.25) is 9.69 Å². The Hall–Kier alpha value is -1.10. The molecule has 1 aliphatic rings. The van der Waals surface area contributed by atoms with E-state index in [1.165, 1.54) is 19.4 Å². The zero-order valence-electron chi connectivity index (χ0n) is 11.6. The summed E-state index contributed by atoms with van der Waals surface area (Å²) in [4.78, 5) is 13.6. The largest absolute Gasteiger partial charge is 0.507 e. The van der Waals surface area contributed by atoms with Gasteiger partial charge in [-0.1, -0.05) is 18.0 Å². The highest BCUT2D eigenvalue weighted by atomic mass is 35.5. The first-order valence-electron chi connectivity index (χ1n) is 6.90. The summed E-state index contributed by atoms with van der Waals surface area (Å²) in [6, 6.07) is 3.62. The summed E-state index contributed by atoms with van der Waals surface area (Å²) in [5.41, 5.74) is 0.896. The van der Waals surface area contributed by atoms with E-state index >= 15 is 0 Å². The van der Waals surface area contributed by atoms with Crippen LogP contribution >= 0.6 is 11.6 Å². The van der Waals surface area contributed by atoms with E-state index in [2.05, 4.69) is 4.90 Å². The second-order valence-electron chi connectivity index (χ2n) is 5.30. The van der Waals surface area contributed by atoms with Gasteiger partial charge in [-0.25, -0.2) is 0 Å². The molecule has 1 aromatic carbocycles. The molecule has 20 heavy (non-hydrogen) atoms. The first-order valence-corrected chi connectivity index (χ1v) is 7.28. The summed E-state index contributed by atoms with van der Waals surface area (Å²) in [6.45, 7) is 2.55. The second-order valence-corrected chi connectivity index (χ2v) is 5.73. The number of benzene rings is 1. The van der Waals surface area contributed by atoms with Gasteiger partial charge in [0.2, 0.25) is 0 Å². The van der Waals surface area contributed by atoms with Crippen LogP contribution in [0.5, 0.6) is 5.75 Å². The molecule has 2 N–H and O–H groups in total. The Bertz CT molecular complexity index is 500. The summed E-state index contributed by atoms with van der Waals surface area (Å²) in [5.74, 6) is -0.201. The molecule has 1 fully saturated rings.